The average Bonchev–Trinajstić information content (AvgIpc) is 2.43. The molecule has 1 aliphatic carbocycles. The largest absolute Gasteiger partial charge is 0.382 e. The third kappa shape index (κ3) is 3.56. The van der Waals surface area contributed by atoms with Gasteiger partial charge in [0.15, 0.2) is 0 Å². The third-order valence-corrected chi connectivity index (χ3v) is 5.50. The lowest BCUT2D eigenvalue weighted by atomic mass is 9.69. The van der Waals surface area contributed by atoms with Crippen molar-refractivity contribution in [1.82, 2.24) is 0 Å². The van der Waals surface area contributed by atoms with Crippen molar-refractivity contribution in [3.63, 3.8) is 0 Å². The maximum atomic E-state index is 3.78. The van der Waals surface area contributed by atoms with E-state index in [0.717, 1.165) is 5.92 Å². The molecule has 0 spiro atoms. The van der Waals surface area contributed by atoms with Crippen molar-refractivity contribution in [3.8, 4) is 0 Å². The Morgan fingerprint density at radius 1 is 1.10 bits per heavy atom. The predicted octanol–water partition coefficient (Wildman–Crippen LogP) is 5.71. The van der Waals surface area contributed by atoms with Gasteiger partial charge in [-0.1, -0.05) is 39.3 Å². The van der Waals surface area contributed by atoms with Crippen molar-refractivity contribution in [3.05, 3.63) is 29.3 Å². The van der Waals surface area contributed by atoms with Crippen molar-refractivity contribution < 1.29 is 0 Å². The van der Waals surface area contributed by atoms with E-state index >= 15 is 0 Å². The summed E-state index contributed by atoms with van der Waals surface area (Å²) in [4.78, 5) is 0. The number of rotatable bonds is 4. The number of hydrogen-bond donors (Lipinski definition) is 1. The van der Waals surface area contributed by atoms with Gasteiger partial charge in [-0.15, -0.1) is 0 Å². The Labute approximate surface area is 125 Å². The minimum Gasteiger partial charge on any atom is -0.382 e. The molecule has 1 N–H and O–H groups in total. The van der Waals surface area contributed by atoms with E-state index < -0.39 is 0 Å². The summed E-state index contributed by atoms with van der Waals surface area (Å²) in [5.41, 5.74) is 4.57. The summed E-state index contributed by atoms with van der Waals surface area (Å²) in [7, 11) is 0. The number of hydrogen-bond acceptors (Lipinski definition) is 1. The molecule has 112 valence electrons. The maximum absolute atomic E-state index is 3.78. The second-order valence-electron chi connectivity index (χ2n) is 7.35. The first-order valence-corrected chi connectivity index (χ1v) is 8.26. The van der Waals surface area contributed by atoms with Crippen molar-refractivity contribution in [2.45, 2.75) is 72.8 Å². The fourth-order valence-corrected chi connectivity index (χ4v) is 3.42. The van der Waals surface area contributed by atoms with Crippen LogP contribution in [0, 0.1) is 25.2 Å². The van der Waals surface area contributed by atoms with E-state index in [-0.39, 0.29) is 0 Å². The van der Waals surface area contributed by atoms with Crippen molar-refractivity contribution in [2.75, 3.05) is 5.32 Å². The van der Waals surface area contributed by atoms with E-state index in [1.54, 1.807) is 0 Å². The molecule has 0 saturated heterocycles. The van der Waals surface area contributed by atoms with Gasteiger partial charge in [0.05, 0.1) is 0 Å². The van der Waals surface area contributed by atoms with Crippen LogP contribution in [0.2, 0.25) is 0 Å². The topological polar surface area (TPSA) is 12.0 Å². The molecule has 0 amide bonds. The van der Waals surface area contributed by atoms with Crippen molar-refractivity contribution >= 4 is 5.69 Å². The Kier molecular flexibility index (Phi) is 4.78. The van der Waals surface area contributed by atoms with Gasteiger partial charge >= 0.3 is 0 Å². The number of anilines is 1. The first kappa shape index (κ1) is 15.4. The van der Waals surface area contributed by atoms with Gasteiger partial charge in [-0.25, -0.2) is 0 Å². The highest BCUT2D eigenvalue weighted by Crippen LogP contribution is 2.41. The number of nitrogens with one attached hydrogen (secondary N) is 1. The zero-order valence-electron chi connectivity index (χ0n) is 13.9. The van der Waals surface area contributed by atoms with E-state index in [1.807, 2.05) is 0 Å². The van der Waals surface area contributed by atoms with Crippen LogP contribution in [0.4, 0.5) is 5.69 Å². The summed E-state index contributed by atoms with van der Waals surface area (Å²) in [6, 6.07) is 7.38. The molecule has 0 heterocycles. The minimum atomic E-state index is 0.518. The molecule has 1 heteroatoms. The summed E-state index contributed by atoms with van der Waals surface area (Å²) in [5.74, 6) is 0.907. The highest BCUT2D eigenvalue weighted by atomic mass is 14.9. The van der Waals surface area contributed by atoms with Crippen LogP contribution in [0.5, 0.6) is 0 Å². The lowest BCUT2D eigenvalue weighted by molar-refractivity contribution is 0.147. The molecular weight excluding hydrogens is 242 g/mol. The summed E-state index contributed by atoms with van der Waals surface area (Å²) >= 11 is 0. The number of benzene rings is 1. The zero-order valence-corrected chi connectivity index (χ0v) is 13.9. The monoisotopic (exact) mass is 273 g/mol. The molecule has 0 unspecified atom stereocenters. The quantitative estimate of drug-likeness (QED) is 0.741. The lowest BCUT2D eigenvalue weighted by Gasteiger charge is -2.39. The molecule has 1 aromatic carbocycles. The fourth-order valence-electron chi connectivity index (χ4n) is 3.42. The summed E-state index contributed by atoms with van der Waals surface area (Å²) in [6.45, 7) is 11.6. The van der Waals surface area contributed by atoms with E-state index in [9.17, 15) is 0 Å². The second-order valence-corrected chi connectivity index (χ2v) is 7.35. The highest BCUT2D eigenvalue weighted by molar-refractivity contribution is 5.53. The Hall–Kier alpha value is -0.980. The van der Waals surface area contributed by atoms with Crippen LogP contribution in [-0.4, -0.2) is 6.04 Å². The molecular formula is C19H31N. The number of aryl methyl sites for hydroxylation is 2. The highest BCUT2D eigenvalue weighted by Gasteiger charge is 2.31. The van der Waals surface area contributed by atoms with Crippen LogP contribution in [0.1, 0.15) is 64.0 Å². The van der Waals surface area contributed by atoms with E-state index in [1.165, 1.54) is 48.9 Å². The average molecular weight is 273 g/mol. The van der Waals surface area contributed by atoms with Crippen LogP contribution in [0.15, 0.2) is 18.2 Å². The Bertz CT molecular complexity index is 439. The van der Waals surface area contributed by atoms with Gasteiger partial charge in [0.1, 0.15) is 0 Å². The molecule has 1 nitrogen and oxygen atoms in total. The van der Waals surface area contributed by atoms with Crippen molar-refractivity contribution in [1.29, 1.82) is 0 Å². The molecule has 0 radical (unpaired) electrons. The van der Waals surface area contributed by atoms with E-state index in [2.05, 4.69) is 58.1 Å². The van der Waals surface area contributed by atoms with Crippen LogP contribution >= 0.6 is 0 Å². The van der Waals surface area contributed by atoms with Gasteiger partial charge in [-0.3, -0.25) is 0 Å². The van der Waals surface area contributed by atoms with Crippen LogP contribution in [0.25, 0.3) is 0 Å². The minimum absolute atomic E-state index is 0.518. The van der Waals surface area contributed by atoms with E-state index in [0.29, 0.717) is 11.5 Å². The molecule has 1 aliphatic rings. The van der Waals surface area contributed by atoms with Crippen LogP contribution in [-0.2, 0) is 0 Å². The molecule has 0 aliphatic heterocycles. The summed E-state index contributed by atoms with van der Waals surface area (Å²) < 4.78 is 0. The SMILES string of the molecule is CCC(C)(C)C1CCC(Nc2cc(C)ccc2C)CC1. The van der Waals surface area contributed by atoms with Crippen LogP contribution < -0.4 is 5.32 Å². The van der Waals surface area contributed by atoms with Gasteiger partial charge in [0, 0.05) is 11.7 Å². The second kappa shape index (κ2) is 6.20. The Morgan fingerprint density at radius 2 is 1.75 bits per heavy atom. The molecule has 1 saturated carbocycles. The molecule has 0 aromatic heterocycles. The Morgan fingerprint density at radius 3 is 2.35 bits per heavy atom. The predicted molar refractivity (Wildman–Crippen MR) is 89.4 cm³/mol. The van der Waals surface area contributed by atoms with Crippen molar-refractivity contribution in [2.24, 2.45) is 11.3 Å². The zero-order chi connectivity index (χ0) is 14.8. The molecule has 1 aromatic rings. The molecule has 2 rings (SSSR count). The lowest BCUT2D eigenvalue weighted by Crippen LogP contribution is -2.32. The van der Waals surface area contributed by atoms with Gasteiger partial charge in [0.2, 0.25) is 0 Å². The maximum Gasteiger partial charge on any atom is 0.0374 e. The molecule has 1 fully saturated rings. The van der Waals surface area contributed by atoms with Gasteiger partial charge in [0.25, 0.3) is 0 Å². The smallest absolute Gasteiger partial charge is 0.0374 e. The third-order valence-electron chi connectivity index (χ3n) is 5.50. The summed E-state index contributed by atoms with van der Waals surface area (Å²) in [6.07, 6.45) is 6.70. The normalized spacial score (nSPS) is 23.6. The first-order valence-electron chi connectivity index (χ1n) is 8.26. The van der Waals surface area contributed by atoms with E-state index in [4.69, 9.17) is 0 Å². The van der Waals surface area contributed by atoms with Crippen LogP contribution in [0.3, 0.4) is 0 Å². The first-order chi connectivity index (χ1) is 9.42. The summed E-state index contributed by atoms with van der Waals surface area (Å²) in [5, 5.41) is 3.78. The van der Waals surface area contributed by atoms with Gasteiger partial charge in [-0.2, -0.15) is 0 Å². The molecule has 0 atom stereocenters. The molecule has 0 bridgehead atoms. The fraction of sp³-hybridized carbons (Fsp3) is 0.684. The van der Waals surface area contributed by atoms with Gasteiger partial charge in [-0.05, 0) is 68.1 Å². The Balaban J connectivity index is 1.93. The standard InChI is InChI=1S/C19H31N/c1-6-19(4,5)16-9-11-17(12-10-16)20-18-13-14(2)7-8-15(18)3/h7-8,13,16-17,20H,6,9-12H2,1-5H3. The molecule has 20 heavy (non-hydrogen) atoms. The van der Waals surface area contributed by atoms with Gasteiger partial charge < -0.3 is 5.32 Å².